The van der Waals surface area contributed by atoms with E-state index in [1.54, 1.807) is 19.2 Å². The molecule has 1 aromatic heterocycles. The van der Waals surface area contributed by atoms with Gasteiger partial charge in [0.2, 0.25) is 17.6 Å². The van der Waals surface area contributed by atoms with Gasteiger partial charge in [0.25, 0.3) is 0 Å². The van der Waals surface area contributed by atoms with Crippen molar-refractivity contribution in [3.8, 4) is 11.6 Å². The van der Waals surface area contributed by atoms with E-state index < -0.39 is 4.92 Å². The number of aryl methyl sites for hydroxylation is 1. The van der Waals surface area contributed by atoms with Crippen molar-refractivity contribution in [3.05, 3.63) is 44.5 Å². The predicted molar refractivity (Wildman–Crippen MR) is 81.8 cm³/mol. The van der Waals surface area contributed by atoms with Gasteiger partial charge in [-0.15, -0.1) is 0 Å². The molecule has 0 amide bonds. The number of ether oxygens (including phenoxy) is 1. The van der Waals surface area contributed by atoms with Crippen LogP contribution in [0.15, 0.2) is 28.9 Å². The van der Waals surface area contributed by atoms with Crippen LogP contribution in [-0.4, -0.2) is 21.4 Å². The molecule has 0 bridgehead atoms. The standard InChI is InChI=1S/C13H13BrN4O3/c1-3-15-13-16-7-8(2)12(17-13)21-11-5-4-9(14)6-10(11)18(19)20/h4-7H,3H2,1-2H3,(H,15,16,17). The van der Waals surface area contributed by atoms with Gasteiger partial charge in [-0.3, -0.25) is 10.1 Å². The lowest BCUT2D eigenvalue weighted by molar-refractivity contribution is -0.385. The third-order valence-electron chi connectivity index (χ3n) is 2.58. The molecule has 110 valence electrons. The molecule has 0 atom stereocenters. The average molecular weight is 353 g/mol. The van der Waals surface area contributed by atoms with Gasteiger partial charge in [-0.25, -0.2) is 4.98 Å². The number of nitrogens with one attached hydrogen (secondary N) is 1. The van der Waals surface area contributed by atoms with Gasteiger partial charge in [0.15, 0.2) is 0 Å². The van der Waals surface area contributed by atoms with E-state index in [0.717, 1.165) is 0 Å². The molecule has 0 unspecified atom stereocenters. The van der Waals surface area contributed by atoms with Crippen LogP contribution in [0.4, 0.5) is 11.6 Å². The molecular formula is C13H13BrN4O3. The van der Waals surface area contributed by atoms with Crippen LogP contribution in [0.2, 0.25) is 0 Å². The molecule has 0 aliphatic rings. The van der Waals surface area contributed by atoms with Gasteiger partial charge in [-0.05, 0) is 26.0 Å². The summed E-state index contributed by atoms with van der Waals surface area (Å²) >= 11 is 3.20. The Morgan fingerprint density at radius 3 is 2.90 bits per heavy atom. The maximum Gasteiger partial charge on any atom is 0.312 e. The van der Waals surface area contributed by atoms with E-state index in [1.165, 1.54) is 12.1 Å². The summed E-state index contributed by atoms with van der Waals surface area (Å²) in [6.07, 6.45) is 1.60. The van der Waals surface area contributed by atoms with Crippen molar-refractivity contribution in [1.82, 2.24) is 9.97 Å². The van der Waals surface area contributed by atoms with Crippen molar-refractivity contribution in [2.75, 3.05) is 11.9 Å². The highest BCUT2D eigenvalue weighted by molar-refractivity contribution is 9.10. The van der Waals surface area contributed by atoms with E-state index in [-0.39, 0.29) is 17.3 Å². The number of benzene rings is 1. The lowest BCUT2D eigenvalue weighted by Gasteiger charge is -2.09. The number of hydrogen-bond donors (Lipinski definition) is 1. The van der Waals surface area contributed by atoms with E-state index in [4.69, 9.17) is 4.74 Å². The monoisotopic (exact) mass is 352 g/mol. The Labute approximate surface area is 129 Å². The molecule has 1 heterocycles. The van der Waals surface area contributed by atoms with Gasteiger partial charge >= 0.3 is 5.69 Å². The van der Waals surface area contributed by atoms with Crippen molar-refractivity contribution in [2.24, 2.45) is 0 Å². The fourth-order valence-corrected chi connectivity index (χ4v) is 1.95. The van der Waals surface area contributed by atoms with Crippen molar-refractivity contribution in [1.29, 1.82) is 0 Å². The van der Waals surface area contributed by atoms with Crippen LogP contribution in [-0.2, 0) is 0 Å². The second-order valence-electron chi connectivity index (χ2n) is 4.18. The van der Waals surface area contributed by atoms with Crippen molar-refractivity contribution < 1.29 is 9.66 Å². The first-order valence-corrected chi connectivity index (χ1v) is 7.00. The number of rotatable bonds is 5. The first-order valence-electron chi connectivity index (χ1n) is 6.20. The van der Waals surface area contributed by atoms with Gasteiger partial charge in [0.1, 0.15) is 0 Å². The Balaban J connectivity index is 2.38. The van der Waals surface area contributed by atoms with E-state index >= 15 is 0 Å². The van der Waals surface area contributed by atoms with E-state index in [2.05, 4.69) is 31.2 Å². The fraction of sp³-hybridized carbons (Fsp3) is 0.231. The first-order chi connectivity index (χ1) is 10.0. The van der Waals surface area contributed by atoms with Gasteiger partial charge in [0, 0.05) is 28.8 Å². The summed E-state index contributed by atoms with van der Waals surface area (Å²) < 4.78 is 6.20. The van der Waals surface area contributed by atoms with E-state index in [0.29, 0.717) is 22.5 Å². The van der Waals surface area contributed by atoms with E-state index in [1.807, 2.05) is 6.92 Å². The van der Waals surface area contributed by atoms with Crippen LogP contribution < -0.4 is 10.1 Å². The zero-order valence-corrected chi connectivity index (χ0v) is 13.0. The number of aromatic nitrogens is 2. The lowest BCUT2D eigenvalue weighted by Crippen LogP contribution is -2.04. The van der Waals surface area contributed by atoms with Crippen molar-refractivity contribution >= 4 is 27.6 Å². The highest BCUT2D eigenvalue weighted by Gasteiger charge is 2.18. The van der Waals surface area contributed by atoms with Gasteiger partial charge < -0.3 is 10.1 Å². The number of hydrogen-bond acceptors (Lipinski definition) is 6. The quantitative estimate of drug-likeness (QED) is 0.651. The molecule has 0 saturated carbocycles. The van der Waals surface area contributed by atoms with Crippen molar-refractivity contribution in [2.45, 2.75) is 13.8 Å². The average Bonchev–Trinajstić information content (AvgIpc) is 2.44. The molecule has 0 aliphatic carbocycles. The molecule has 7 nitrogen and oxygen atoms in total. The molecule has 2 aromatic rings. The van der Waals surface area contributed by atoms with Crippen LogP contribution in [0, 0.1) is 17.0 Å². The third-order valence-corrected chi connectivity index (χ3v) is 3.08. The zero-order chi connectivity index (χ0) is 15.4. The molecule has 1 aromatic carbocycles. The molecule has 0 fully saturated rings. The maximum atomic E-state index is 11.1. The molecule has 2 rings (SSSR count). The lowest BCUT2D eigenvalue weighted by atomic mass is 10.3. The van der Waals surface area contributed by atoms with E-state index in [9.17, 15) is 10.1 Å². The second kappa shape index (κ2) is 6.49. The smallest absolute Gasteiger partial charge is 0.312 e. The molecule has 1 N–H and O–H groups in total. The number of anilines is 1. The zero-order valence-electron chi connectivity index (χ0n) is 11.5. The Morgan fingerprint density at radius 2 is 2.24 bits per heavy atom. The van der Waals surface area contributed by atoms with Crippen LogP contribution in [0.3, 0.4) is 0 Å². The summed E-state index contributed by atoms with van der Waals surface area (Å²) in [6, 6.07) is 4.58. The summed E-state index contributed by atoms with van der Waals surface area (Å²) in [6.45, 7) is 4.36. The minimum atomic E-state index is -0.498. The van der Waals surface area contributed by atoms with Crippen LogP contribution in [0.5, 0.6) is 11.6 Å². The maximum absolute atomic E-state index is 11.1. The number of halogens is 1. The molecule has 0 aliphatic heterocycles. The van der Waals surface area contributed by atoms with Crippen LogP contribution >= 0.6 is 15.9 Å². The van der Waals surface area contributed by atoms with Crippen LogP contribution in [0.25, 0.3) is 0 Å². The Kier molecular flexibility index (Phi) is 4.69. The third kappa shape index (κ3) is 3.66. The summed E-state index contributed by atoms with van der Waals surface area (Å²) in [5.41, 5.74) is 0.557. The Hall–Kier alpha value is -2.22. The summed E-state index contributed by atoms with van der Waals surface area (Å²) in [5, 5.41) is 14.0. The SMILES string of the molecule is CCNc1ncc(C)c(Oc2ccc(Br)cc2[N+](=O)[O-])n1. The summed E-state index contributed by atoms with van der Waals surface area (Å²) in [4.78, 5) is 18.9. The fourth-order valence-electron chi connectivity index (χ4n) is 1.60. The van der Waals surface area contributed by atoms with Gasteiger partial charge in [-0.1, -0.05) is 15.9 Å². The Morgan fingerprint density at radius 1 is 1.48 bits per heavy atom. The molecule has 0 spiro atoms. The summed E-state index contributed by atoms with van der Waals surface area (Å²) in [7, 11) is 0. The van der Waals surface area contributed by atoms with Gasteiger partial charge in [0.05, 0.1) is 4.92 Å². The first kappa shape index (κ1) is 15.2. The normalized spacial score (nSPS) is 10.2. The van der Waals surface area contributed by atoms with Crippen molar-refractivity contribution in [3.63, 3.8) is 0 Å². The number of nitro groups is 1. The van der Waals surface area contributed by atoms with Crippen LogP contribution in [0.1, 0.15) is 12.5 Å². The molecule has 21 heavy (non-hydrogen) atoms. The minimum Gasteiger partial charge on any atom is -0.431 e. The minimum absolute atomic E-state index is 0.132. The Bertz CT molecular complexity index is 678. The molecule has 0 radical (unpaired) electrons. The largest absolute Gasteiger partial charge is 0.431 e. The highest BCUT2D eigenvalue weighted by Crippen LogP contribution is 2.34. The second-order valence-corrected chi connectivity index (χ2v) is 5.10. The summed E-state index contributed by atoms with van der Waals surface area (Å²) in [5.74, 6) is 0.830. The van der Waals surface area contributed by atoms with Gasteiger partial charge in [-0.2, -0.15) is 4.98 Å². The molecule has 8 heteroatoms. The highest BCUT2D eigenvalue weighted by atomic mass is 79.9. The molecule has 0 saturated heterocycles. The molecular weight excluding hydrogens is 340 g/mol. The number of nitro benzene ring substituents is 1. The topological polar surface area (TPSA) is 90.2 Å². The predicted octanol–water partition coefficient (Wildman–Crippen LogP) is 3.68. The number of nitrogens with zero attached hydrogens (tertiary/aromatic N) is 3.